The van der Waals surface area contributed by atoms with E-state index in [1.165, 1.54) is 12.0 Å². The van der Waals surface area contributed by atoms with Crippen LogP contribution in [-0.4, -0.2) is 106 Å². The number of allylic oxidation sites excluding steroid dienone is 1. The molecule has 0 saturated carbocycles. The Morgan fingerprint density at radius 1 is 1.23 bits per heavy atom. The average Bonchev–Trinajstić information content (AvgIpc) is 3.63. The molecule has 0 radical (unpaired) electrons. The molecule has 258 valence electrons. The van der Waals surface area contributed by atoms with Crippen LogP contribution in [0.15, 0.2) is 55.6 Å². The number of amides is 3. The Labute approximate surface area is 285 Å². The van der Waals surface area contributed by atoms with Crippen molar-refractivity contribution in [3.63, 3.8) is 0 Å². The van der Waals surface area contributed by atoms with E-state index in [1.807, 2.05) is 26.8 Å². The number of carbonyl (C=O) groups excluding carboxylic acids is 4. The molecule has 3 heterocycles. The van der Waals surface area contributed by atoms with Gasteiger partial charge < -0.3 is 34.4 Å². The van der Waals surface area contributed by atoms with E-state index in [9.17, 15) is 24.3 Å². The lowest BCUT2D eigenvalue weighted by Gasteiger charge is -2.43. The second-order valence-corrected chi connectivity index (χ2v) is 14.7. The summed E-state index contributed by atoms with van der Waals surface area (Å²) in [4.78, 5) is 58.8. The molecule has 3 saturated heterocycles. The summed E-state index contributed by atoms with van der Waals surface area (Å²) < 4.78 is 18.3. The summed E-state index contributed by atoms with van der Waals surface area (Å²) in [6, 6.07) is 6.49. The summed E-state index contributed by atoms with van der Waals surface area (Å²) in [5.41, 5.74) is -1.32. The van der Waals surface area contributed by atoms with Gasteiger partial charge in [-0.3, -0.25) is 19.2 Å². The molecule has 3 amide bonds. The highest BCUT2D eigenvalue weighted by molar-refractivity contribution is 9.09. The third kappa shape index (κ3) is 7.06. The van der Waals surface area contributed by atoms with Crippen molar-refractivity contribution >= 4 is 39.6 Å². The van der Waals surface area contributed by atoms with Crippen LogP contribution >= 0.6 is 15.9 Å². The third-order valence-corrected chi connectivity index (χ3v) is 10.2. The van der Waals surface area contributed by atoms with E-state index >= 15 is 0 Å². The van der Waals surface area contributed by atoms with Crippen LogP contribution in [0, 0.1) is 11.8 Å². The summed E-state index contributed by atoms with van der Waals surface area (Å²) in [7, 11) is 1.49. The number of nitrogens with one attached hydrogen (secondary N) is 1. The van der Waals surface area contributed by atoms with Crippen molar-refractivity contribution in [2.45, 2.75) is 93.3 Å². The van der Waals surface area contributed by atoms with Gasteiger partial charge in [-0.15, -0.1) is 13.2 Å². The van der Waals surface area contributed by atoms with Crippen LogP contribution in [0.4, 0.5) is 0 Å². The van der Waals surface area contributed by atoms with Crippen LogP contribution < -0.4 is 5.32 Å². The predicted molar refractivity (Wildman–Crippen MR) is 179 cm³/mol. The molecule has 12 heteroatoms. The number of halogens is 1. The smallest absolute Gasteiger partial charge is 0.313 e. The van der Waals surface area contributed by atoms with Crippen LogP contribution in [0.25, 0.3) is 0 Å². The Balaban J connectivity index is 1.74. The standard InChI is InChI=1S/C35H48BrN3O8/c1-8-10-16-25(41)37-24(20-45-7)28(22-14-12-11-13-15-22)46-33(44)26-27-31(42)39(21(3)19-40)30(35(27)18-23(36)29(26)47-35)32(43)38(17-9-2)34(4,5)6/h8-9,11-15,21,23-24,26-30,40H,1-2,10,16-20H2,3-7H3,(H,37,41)/t21-,23?,24+,26-,27+,28+,29-,30-,35+/m1/s1. The summed E-state index contributed by atoms with van der Waals surface area (Å²) in [6.45, 7) is 14.8. The molecular formula is C35H48BrN3O8. The van der Waals surface area contributed by atoms with Crippen molar-refractivity contribution in [1.29, 1.82) is 0 Å². The van der Waals surface area contributed by atoms with Crippen LogP contribution in [-0.2, 0) is 33.4 Å². The monoisotopic (exact) mass is 717 g/mol. The molecule has 11 nitrogen and oxygen atoms in total. The zero-order valence-electron chi connectivity index (χ0n) is 27.9. The number of aliphatic hydroxyl groups is 1. The summed E-state index contributed by atoms with van der Waals surface area (Å²) in [5.74, 6) is -3.80. The SMILES string of the molecule is C=CCCC(=O)N[C@@H](COC)[C@@H](OC(=O)[C@H]1[C@@H]2O[C@@]3(CC2Br)[C@@H]1C(=O)N([C@H](C)CO)[C@@H]3C(=O)N(CC=C)C(C)(C)C)c1ccccc1. The van der Waals surface area contributed by atoms with Crippen molar-refractivity contribution in [2.24, 2.45) is 11.8 Å². The van der Waals surface area contributed by atoms with Gasteiger partial charge in [0, 0.05) is 30.4 Å². The topological polar surface area (TPSA) is 135 Å². The number of rotatable bonds is 15. The van der Waals surface area contributed by atoms with Crippen molar-refractivity contribution in [3.05, 3.63) is 61.2 Å². The van der Waals surface area contributed by atoms with Crippen molar-refractivity contribution < 1.29 is 38.5 Å². The van der Waals surface area contributed by atoms with E-state index in [0.717, 1.165) is 0 Å². The van der Waals surface area contributed by atoms with Gasteiger partial charge in [0.15, 0.2) is 0 Å². The third-order valence-electron chi connectivity index (χ3n) is 9.36. The minimum atomic E-state index is -1.34. The second kappa shape index (κ2) is 15.0. The number of hydrogen-bond acceptors (Lipinski definition) is 8. The first-order valence-electron chi connectivity index (χ1n) is 16.1. The number of alkyl halides is 1. The van der Waals surface area contributed by atoms with Gasteiger partial charge in [0.05, 0.1) is 43.2 Å². The van der Waals surface area contributed by atoms with Crippen LogP contribution in [0.2, 0.25) is 0 Å². The lowest BCUT2D eigenvalue weighted by molar-refractivity contribution is -0.163. The Morgan fingerprint density at radius 3 is 2.49 bits per heavy atom. The lowest BCUT2D eigenvalue weighted by atomic mass is 9.70. The highest BCUT2D eigenvalue weighted by atomic mass is 79.9. The fourth-order valence-electron chi connectivity index (χ4n) is 7.27. The molecule has 0 aliphatic carbocycles. The molecule has 0 aromatic heterocycles. The van der Waals surface area contributed by atoms with Crippen molar-refractivity contribution in [1.82, 2.24) is 15.1 Å². The number of hydrogen-bond donors (Lipinski definition) is 2. The molecular weight excluding hydrogens is 670 g/mol. The maximum Gasteiger partial charge on any atom is 0.313 e. The number of aliphatic hydroxyl groups excluding tert-OH is 1. The van der Waals surface area contributed by atoms with E-state index in [2.05, 4.69) is 34.4 Å². The molecule has 3 aliphatic heterocycles. The van der Waals surface area contributed by atoms with Gasteiger partial charge in [-0.25, -0.2) is 0 Å². The molecule has 3 fully saturated rings. The van der Waals surface area contributed by atoms with E-state index in [1.54, 1.807) is 48.2 Å². The van der Waals surface area contributed by atoms with Crippen LogP contribution in [0.5, 0.6) is 0 Å². The van der Waals surface area contributed by atoms with E-state index in [4.69, 9.17) is 14.2 Å². The first kappa shape index (κ1) is 36.8. The minimum Gasteiger partial charge on any atom is -0.455 e. The number of ether oxygens (including phenoxy) is 3. The number of esters is 1. The van der Waals surface area contributed by atoms with Gasteiger partial charge in [0.25, 0.3) is 0 Å². The maximum absolute atomic E-state index is 14.5. The van der Waals surface area contributed by atoms with Gasteiger partial charge in [-0.05, 0) is 46.1 Å². The van der Waals surface area contributed by atoms with Gasteiger partial charge >= 0.3 is 5.97 Å². The zero-order chi connectivity index (χ0) is 34.7. The van der Waals surface area contributed by atoms with Gasteiger partial charge in [-0.1, -0.05) is 58.4 Å². The molecule has 1 aromatic rings. The molecule has 1 aromatic carbocycles. The van der Waals surface area contributed by atoms with Crippen molar-refractivity contribution in [2.75, 3.05) is 26.9 Å². The number of carbonyl (C=O) groups is 4. The zero-order valence-corrected chi connectivity index (χ0v) is 29.5. The fourth-order valence-corrected chi connectivity index (χ4v) is 8.22. The Hall–Kier alpha value is -3.06. The Morgan fingerprint density at radius 2 is 1.91 bits per heavy atom. The van der Waals surface area contributed by atoms with Crippen molar-refractivity contribution in [3.8, 4) is 0 Å². The molecule has 1 spiro atoms. The summed E-state index contributed by atoms with van der Waals surface area (Å²) in [5, 5.41) is 13.2. The molecule has 4 rings (SSSR count). The molecule has 2 N–H and O–H groups in total. The predicted octanol–water partition coefficient (Wildman–Crippen LogP) is 3.31. The Bertz CT molecular complexity index is 1340. The van der Waals surface area contributed by atoms with E-state index in [-0.39, 0.29) is 42.8 Å². The van der Waals surface area contributed by atoms with Crippen LogP contribution in [0.1, 0.15) is 58.6 Å². The van der Waals surface area contributed by atoms with E-state index < -0.39 is 65.2 Å². The Kier molecular flexibility index (Phi) is 11.7. The van der Waals surface area contributed by atoms with Gasteiger partial charge in [0.2, 0.25) is 17.7 Å². The van der Waals surface area contributed by atoms with E-state index in [0.29, 0.717) is 18.4 Å². The number of nitrogens with zero attached hydrogens (tertiary/aromatic N) is 2. The molecule has 47 heavy (non-hydrogen) atoms. The lowest BCUT2D eigenvalue weighted by Crippen LogP contribution is -2.61. The van der Waals surface area contributed by atoms with Gasteiger partial charge in [-0.2, -0.15) is 0 Å². The number of fused-ring (bicyclic) bond motifs is 1. The highest BCUT2D eigenvalue weighted by Crippen LogP contribution is 2.61. The van der Waals surface area contributed by atoms with Gasteiger partial charge in [0.1, 0.15) is 17.7 Å². The number of likely N-dealkylation sites (tertiary alicyclic amines) is 1. The number of benzene rings is 1. The first-order chi connectivity index (χ1) is 22.3. The van der Waals surface area contributed by atoms with Crippen LogP contribution in [0.3, 0.4) is 0 Å². The largest absolute Gasteiger partial charge is 0.455 e. The summed E-state index contributed by atoms with van der Waals surface area (Å²) in [6.07, 6.45) is 2.56. The molecule has 1 unspecified atom stereocenters. The normalized spacial score (nSPS) is 28.3. The maximum atomic E-state index is 14.5. The fraction of sp³-hybridized carbons (Fsp3) is 0.600. The molecule has 9 atom stereocenters. The minimum absolute atomic E-state index is 0.0505. The molecule has 3 aliphatic rings. The average molecular weight is 719 g/mol. The number of methoxy groups -OCH3 is 1. The summed E-state index contributed by atoms with van der Waals surface area (Å²) >= 11 is 3.70. The quantitative estimate of drug-likeness (QED) is 0.160. The second-order valence-electron chi connectivity index (χ2n) is 13.6. The first-order valence-corrected chi connectivity index (χ1v) is 17.0. The highest BCUT2D eigenvalue weighted by Gasteiger charge is 2.77. The molecule has 2 bridgehead atoms.